The van der Waals surface area contributed by atoms with E-state index in [1.807, 2.05) is 13.8 Å². The number of tetrazole rings is 1. The Bertz CT molecular complexity index is 373. The Morgan fingerprint density at radius 2 is 2.06 bits per heavy atom. The van der Waals surface area contributed by atoms with Gasteiger partial charge < -0.3 is 9.84 Å². The second kappa shape index (κ2) is 5.72. The van der Waals surface area contributed by atoms with Crippen molar-refractivity contribution >= 4 is 5.97 Å². The van der Waals surface area contributed by atoms with Crippen molar-refractivity contribution in [1.82, 2.24) is 20.2 Å². The highest BCUT2D eigenvalue weighted by Crippen LogP contribution is 2.17. The summed E-state index contributed by atoms with van der Waals surface area (Å²) < 4.78 is 6.11. The van der Waals surface area contributed by atoms with Crippen LogP contribution in [0.1, 0.15) is 44.2 Å². The summed E-state index contributed by atoms with van der Waals surface area (Å²) in [5.41, 5.74) is -0.906. The van der Waals surface area contributed by atoms with Crippen molar-refractivity contribution in [1.29, 1.82) is 0 Å². The molecule has 96 valence electrons. The van der Waals surface area contributed by atoms with Gasteiger partial charge in [-0.2, -0.15) is 0 Å². The number of esters is 1. The van der Waals surface area contributed by atoms with Crippen LogP contribution in [0.25, 0.3) is 0 Å². The molecule has 0 aliphatic rings. The molecular weight excluding hydrogens is 224 g/mol. The molecule has 0 radical (unpaired) electrons. The molecule has 0 spiro atoms. The first-order valence-corrected chi connectivity index (χ1v) is 5.72. The SMILES string of the molecule is CCOC(=O)c1nnnn1CC(O)(CC)CC. The Hall–Kier alpha value is -1.50. The van der Waals surface area contributed by atoms with Crippen LogP contribution >= 0.6 is 0 Å². The molecule has 1 N–H and O–H groups in total. The molecule has 0 aromatic carbocycles. The van der Waals surface area contributed by atoms with Gasteiger partial charge in [0.05, 0.1) is 18.8 Å². The van der Waals surface area contributed by atoms with E-state index >= 15 is 0 Å². The van der Waals surface area contributed by atoms with Crippen molar-refractivity contribution in [2.75, 3.05) is 6.61 Å². The highest BCUT2D eigenvalue weighted by atomic mass is 16.5. The third-order valence-corrected chi connectivity index (χ3v) is 2.75. The van der Waals surface area contributed by atoms with E-state index in [1.54, 1.807) is 6.92 Å². The lowest BCUT2D eigenvalue weighted by Crippen LogP contribution is -2.34. The molecule has 1 heterocycles. The summed E-state index contributed by atoms with van der Waals surface area (Å²) in [4.78, 5) is 11.5. The number of aromatic nitrogens is 4. The molecule has 0 unspecified atom stereocenters. The minimum Gasteiger partial charge on any atom is -0.460 e. The van der Waals surface area contributed by atoms with Crippen LogP contribution < -0.4 is 0 Å². The fourth-order valence-electron chi connectivity index (χ4n) is 1.41. The Morgan fingerprint density at radius 1 is 1.41 bits per heavy atom. The van der Waals surface area contributed by atoms with Crippen LogP contribution in [0.15, 0.2) is 0 Å². The van der Waals surface area contributed by atoms with Crippen molar-refractivity contribution < 1.29 is 14.6 Å². The van der Waals surface area contributed by atoms with Crippen LogP contribution in [0.4, 0.5) is 0 Å². The average Bonchev–Trinajstić information content (AvgIpc) is 2.77. The largest absolute Gasteiger partial charge is 0.460 e. The third kappa shape index (κ3) is 3.23. The Morgan fingerprint density at radius 3 is 2.59 bits per heavy atom. The van der Waals surface area contributed by atoms with Crippen LogP contribution in [-0.4, -0.2) is 43.5 Å². The molecule has 0 aliphatic carbocycles. The maximum Gasteiger partial charge on any atom is 0.378 e. The topological polar surface area (TPSA) is 90.1 Å². The van der Waals surface area contributed by atoms with Gasteiger partial charge in [0.25, 0.3) is 5.82 Å². The molecule has 0 saturated carbocycles. The molecule has 0 saturated heterocycles. The quantitative estimate of drug-likeness (QED) is 0.726. The highest BCUT2D eigenvalue weighted by Gasteiger charge is 2.27. The van der Waals surface area contributed by atoms with Crippen molar-refractivity contribution in [2.45, 2.75) is 45.8 Å². The first-order chi connectivity index (χ1) is 8.06. The van der Waals surface area contributed by atoms with E-state index in [1.165, 1.54) is 4.68 Å². The molecule has 1 aromatic heterocycles. The summed E-state index contributed by atoms with van der Waals surface area (Å²) in [5.74, 6) is -0.556. The molecule has 17 heavy (non-hydrogen) atoms. The second-order valence-electron chi connectivity index (χ2n) is 3.81. The lowest BCUT2D eigenvalue weighted by atomic mass is 9.98. The zero-order valence-corrected chi connectivity index (χ0v) is 10.4. The second-order valence-corrected chi connectivity index (χ2v) is 3.81. The number of ether oxygens (including phenoxy) is 1. The lowest BCUT2D eigenvalue weighted by Gasteiger charge is -2.24. The summed E-state index contributed by atoms with van der Waals surface area (Å²) in [6.45, 7) is 5.90. The highest BCUT2D eigenvalue weighted by molar-refractivity contribution is 5.85. The van der Waals surface area contributed by atoms with Crippen LogP contribution in [0.3, 0.4) is 0 Å². The van der Waals surface area contributed by atoms with Crippen LogP contribution in [0.5, 0.6) is 0 Å². The van der Waals surface area contributed by atoms with Crippen molar-refractivity contribution in [3.8, 4) is 0 Å². The molecule has 0 amide bonds. The van der Waals surface area contributed by atoms with Gasteiger partial charge in [-0.1, -0.05) is 13.8 Å². The van der Waals surface area contributed by atoms with Gasteiger partial charge in [0.15, 0.2) is 0 Å². The van der Waals surface area contributed by atoms with Crippen molar-refractivity contribution in [3.63, 3.8) is 0 Å². The number of hydrogen-bond donors (Lipinski definition) is 1. The van der Waals surface area contributed by atoms with Gasteiger partial charge in [-0.05, 0) is 30.2 Å². The van der Waals surface area contributed by atoms with E-state index in [-0.39, 0.29) is 19.0 Å². The van der Waals surface area contributed by atoms with E-state index < -0.39 is 11.6 Å². The molecule has 0 aliphatic heterocycles. The fourth-order valence-corrected chi connectivity index (χ4v) is 1.41. The van der Waals surface area contributed by atoms with Gasteiger partial charge in [-0.15, -0.1) is 5.10 Å². The predicted molar refractivity (Wildman–Crippen MR) is 59.3 cm³/mol. The van der Waals surface area contributed by atoms with Crippen molar-refractivity contribution in [2.24, 2.45) is 0 Å². The Labute approximate surface area is 99.8 Å². The van der Waals surface area contributed by atoms with E-state index in [2.05, 4.69) is 15.5 Å². The summed E-state index contributed by atoms with van der Waals surface area (Å²) in [6, 6.07) is 0. The molecular formula is C10H18N4O3. The van der Waals surface area contributed by atoms with E-state index in [0.29, 0.717) is 12.8 Å². The number of hydrogen-bond acceptors (Lipinski definition) is 6. The Kier molecular flexibility index (Phi) is 4.56. The summed E-state index contributed by atoms with van der Waals surface area (Å²) >= 11 is 0. The zero-order chi connectivity index (χ0) is 12.9. The van der Waals surface area contributed by atoms with Gasteiger partial charge in [0, 0.05) is 0 Å². The maximum atomic E-state index is 11.5. The number of nitrogens with zero attached hydrogens (tertiary/aromatic N) is 4. The summed E-state index contributed by atoms with van der Waals surface area (Å²) in [5, 5.41) is 20.9. The summed E-state index contributed by atoms with van der Waals surface area (Å²) in [7, 11) is 0. The average molecular weight is 242 g/mol. The smallest absolute Gasteiger partial charge is 0.378 e. The first-order valence-electron chi connectivity index (χ1n) is 5.72. The van der Waals surface area contributed by atoms with Gasteiger partial charge in [-0.3, -0.25) is 0 Å². The summed E-state index contributed by atoms with van der Waals surface area (Å²) in [6.07, 6.45) is 1.12. The van der Waals surface area contributed by atoms with Gasteiger partial charge >= 0.3 is 5.97 Å². The molecule has 0 bridgehead atoms. The van der Waals surface area contributed by atoms with Crippen LogP contribution in [-0.2, 0) is 11.3 Å². The van der Waals surface area contributed by atoms with E-state index in [9.17, 15) is 9.90 Å². The number of carbonyl (C=O) groups is 1. The van der Waals surface area contributed by atoms with Gasteiger partial charge in [0.2, 0.25) is 0 Å². The fraction of sp³-hybridized carbons (Fsp3) is 0.800. The monoisotopic (exact) mass is 242 g/mol. The molecule has 1 rings (SSSR count). The first kappa shape index (κ1) is 13.6. The molecule has 0 fully saturated rings. The molecule has 7 heteroatoms. The molecule has 0 atom stereocenters. The number of rotatable bonds is 6. The standard InChI is InChI=1S/C10H18N4O3/c1-4-10(16,5-2)7-14-8(11-12-13-14)9(15)17-6-3/h16H,4-7H2,1-3H3. The minimum absolute atomic E-state index is 0.0205. The van der Waals surface area contributed by atoms with Crippen LogP contribution in [0, 0.1) is 0 Å². The third-order valence-electron chi connectivity index (χ3n) is 2.75. The maximum absolute atomic E-state index is 11.5. The molecule has 7 nitrogen and oxygen atoms in total. The predicted octanol–water partition coefficient (Wildman–Crippen LogP) is 0.401. The Balaban J connectivity index is 2.85. The number of carbonyl (C=O) groups excluding carboxylic acids is 1. The van der Waals surface area contributed by atoms with Crippen molar-refractivity contribution in [3.05, 3.63) is 5.82 Å². The van der Waals surface area contributed by atoms with E-state index in [4.69, 9.17) is 4.74 Å². The van der Waals surface area contributed by atoms with Gasteiger partial charge in [0.1, 0.15) is 0 Å². The normalized spacial score (nSPS) is 11.5. The van der Waals surface area contributed by atoms with Crippen LogP contribution in [0.2, 0.25) is 0 Å². The lowest BCUT2D eigenvalue weighted by molar-refractivity contribution is 0.00953. The molecule has 1 aromatic rings. The zero-order valence-electron chi connectivity index (χ0n) is 10.4. The van der Waals surface area contributed by atoms with E-state index in [0.717, 1.165) is 0 Å². The number of aliphatic hydroxyl groups is 1. The minimum atomic E-state index is -0.906. The van der Waals surface area contributed by atoms with Gasteiger partial charge in [-0.25, -0.2) is 9.48 Å².